The topological polar surface area (TPSA) is 38.8 Å². The molecule has 1 aliphatic heterocycles. The van der Waals surface area contributed by atoms with Crippen molar-refractivity contribution in [2.24, 2.45) is 0 Å². The smallest absolute Gasteiger partial charge is 0.342 e. The van der Waals surface area contributed by atoms with Crippen LogP contribution in [0.5, 0.6) is 5.75 Å². The summed E-state index contributed by atoms with van der Waals surface area (Å²) in [4.78, 5) is 13.5. The van der Waals surface area contributed by atoms with Crippen LogP contribution in [0.3, 0.4) is 0 Å². The summed E-state index contributed by atoms with van der Waals surface area (Å²) in [6.07, 6.45) is 0. The number of fused-ring (bicyclic) bond motifs is 1. The molecule has 0 aliphatic carbocycles. The van der Waals surface area contributed by atoms with Crippen LogP contribution < -0.4 is 9.64 Å². The lowest BCUT2D eigenvalue weighted by Gasteiger charge is -2.28. The highest BCUT2D eigenvalue weighted by molar-refractivity contribution is 5.95. The van der Waals surface area contributed by atoms with E-state index in [1.165, 1.54) is 6.07 Å². The van der Waals surface area contributed by atoms with E-state index >= 15 is 0 Å². The zero-order valence-electron chi connectivity index (χ0n) is 9.83. The Morgan fingerprint density at radius 2 is 2.35 bits per heavy atom. The molecule has 0 amide bonds. The van der Waals surface area contributed by atoms with E-state index in [0.29, 0.717) is 24.6 Å². The highest BCUT2D eigenvalue weighted by atomic mass is 19.1. The van der Waals surface area contributed by atoms with Crippen molar-refractivity contribution in [3.63, 3.8) is 0 Å². The number of nitrogens with zero attached hydrogens (tertiary/aromatic N) is 1. The van der Waals surface area contributed by atoms with Crippen molar-refractivity contribution in [3.05, 3.63) is 23.5 Å². The molecule has 0 aromatic heterocycles. The highest BCUT2D eigenvalue weighted by Crippen LogP contribution is 2.35. The molecule has 2 rings (SSSR count). The minimum absolute atomic E-state index is 0.147. The Kier molecular flexibility index (Phi) is 3.17. The second-order valence-corrected chi connectivity index (χ2v) is 3.79. The number of likely N-dealkylation sites (N-methyl/N-ethyl adjacent to an activating group) is 1. The first-order chi connectivity index (χ1) is 8.13. The Balaban J connectivity index is 2.48. The molecule has 0 saturated carbocycles. The van der Waals surface area contributed by atoms with Crippen molar-refractivity contribution in [2.75, 3.05) is 31.7 Å². The maximum atomic E-state index is 13.4. The first-order valence-corrected chi connectivity index (χ1v) is 5.48. The third kappa shape index (κ3) is 2.18. The number of hydrogen-bond donors (Lipinski definition) is 0. The molecule has 1 aromatic carbocycles. The largest absolute Gasteiger partial charge is 0.489 e. The van der Waals surface area contributed by atoms with E-state index in [1.807, 2.05) is 11.9 Å². The molecule has 17 heavy (non-hydrogen) atoms. The lowest BCUT2D eigenvalue weighted by atomic mass is 10.1. The molecule has 0 fully saturated rings. The van der Waals surface area contributed by atoms with Crippen LogP contribution in [0.15, 0.2) is 12.1 Å². The molecular formula is C12H14FNO3. The summed E-state index contributed by atoms with van der Waals surface area (Å²) in [6.45, 7) is 3.09. The lowest BCUT2D eigenvalue weighted by Crippen LogP contribution is -2.30. The maximum absolute atomic E-state index is 13.4. The number of halogens is 1. The number of anilines is 1. The molecule has 0 N–H and O–H groups in total. The Morgan fingerprint density at radius 3 is 3.06 bits per heavy atom. The van der Waals surface area contributed by atoms with Gasteiger partial charge < -0.3 is 14.4 Å². The molecule has 0 bridgehead atoms. The van der Waals surface area contributed by atoms with Crippen molar-refractivity contribution >= 4 is 11.7 Å². The van der Waals surface area contributed by atoms with Crippen LogP contribution in [0.2, 0.25) is 0 Å². The van der Waals surface area contributed by atoms with Gasteiger partial charge in [-0.15, -0.1) is 0 Å². The van der Waals surface area contributed by atoms with Gasteiger partial charge in [0.25, 0.3) is 0 Å². The van der Waals surface area contributed by atoms with Gasteiger partial charge in [-0.3, -0.25) is 0 Å². The number of hydrogen-bond acceptors (Lipinski definition) is 4. The zero-order chi connectivity index (χ0) is 12.4. The molecule has 1 aromatic rings. The number of rotatable bonds is 2. The van der Waals surface area contributed by atoms with Crippen LogP contribution in [0, 0.1) is 5.82 Å². The summed E-state index contributed by atoms with van der Waals surface area (Å²) >= 11 is 0. The average Bonchev–Trinajstić information content (AvgIpc) is 2.30. The molecule has 0 unspecified atom stereocenters. The maximum Gasteiger partial charge on any atom is 0.342 e. The van der Waals surface area contributed by atoms with E-state index in [9.17, 15) is 9.18 Å². The van der Waals surface area contributed by atoms with Gasteiger partial charge in [-0.1, -0.05) is 0 Å². The minimum Gasteiger partial charge on any atom is -0.489 e. The van der Waals surface area contributed by atoms with Gasteiger partial charge in [-0.2, -0.15) is 0 Å². The first kappa shape index (κ1) is 11.7. The summed E-state index contributed by atoms with van der Waals surface area (Å²) in [7, 11) is 1.83. The predicted octanol–water partition coefficient (Wildman–Crippen LogP) is 1.83. The second kappa shape index (κ2) is 4.61. The average molecular weight is 239 g/mol. The molecule has 0 spiro atoms. The van der Waals surface area contributed by atoms with Crippen LogP contribution in [0.1, 0.15) is 17.3 Å². The highest BCUT2D eigenvalue weighted by Gasteiger charge is 2.24. The number of carbonyl (C=O) groups excluding carboxylic acids is 1. The van der Waals surface area contributed by atoms with Crippen molar-refractivity contribution in [1.29, 1.82) is 0 Å². The van der Waals surface area contributed by atoms with Gasteiger partial charge in [0.2, 0.25) is 0 Å². The second-order valence-electron chi connectivity index (χ2n) is 3.79. The van der Waals surface area contributed by atoms with Crippen molar-refractivity contribution in [1.82, 2.24) is 0 Å². The molecule has 0 atom stereocenters. The predicted molar refractivity (Wildman–Crippen MR) is 61.1 cm³/mol. The van der Waals surface area contributed by atoms with Gasteiger partial charge >= 0.3 is 5.97 Å². The lowest BCUT2D eigenvalue weighted by molar-refractivity contribution is 0.0521. The van der Waals surface area contributed by atoms with Crippen LogP contribution in [-0.2, 0) is 4.74 Å². The molecule has 92 valence electrons. The van der Waals surface area contributed by atoms with Crippen molar-refractivity contribution < 1.29 is 18.7 Å². The van der Waals surface area contributed by atoms with Crippen LogP contribution >= 0.6 is 0 Å². The summed E-state index contributed by atoms with van der Waals surface area (Å²) < 4.78 is 23.8. The summed E-state index contributed by atoms with van der Waals surface area (Å²) in [5.74, 6) is -0.624. The third-order valence-electron chi connectivity index (χ3n) is 2.61. The molecule has 0 radical (unpaired) electrons. The fourth-order valence-corrected chi connectivity index (χ4v) is 1.78. The zero-order valence-corrected chi connectivity index (χ0v) is 9.83. The quantitative estimate of drug-likeness (QED) is 0.738. The molecule has 5 heteroatoms. The van der Waals surface area contributed by atoms with Crippen molar-refractivity contribution in [2.45, 2.75) is 6.92 Å². The molecular weight excluding hydrogens is 225 g/mol. The van der Waals surface area contributed by atoms with Gasteiger partial charge in [0.1, 0.15) is 18.0 Å². The van der Waals surface area contributed by atoms with Gasteiger partial charge in [0.15, 0.2) is 5.75 Å². The van der Waals surface area contributed by atoms with Crippen molar-refractivity contribution in [3.8, 4) is 5.75 Å². The number of benzene rings is 1. The van der Waals surface area contributed by atoms with Gasteiger partial charge in [0, 0.05) is 13.1 Å². The Labute approximate surface area is 98.9 Å². The van der Waals surface area contributed by atoms with E-state index in [4.69, 9.17) is 9.47 Å². The van der Waals surface area contributed by atoms with E-state index in [1.54, 1.807) is 6.92 Å². The molecule has 0 saturated heterocycles. The molecule has 1 aliphatic rings. The molecule has 1 heterocycles. The normalized spacial score (nSPS) is 13.9. The van der Waals surface area contributed by atoms with Crippen LogP contribution in [0.4, 0.5) is 10.1 Å². The van der Waals surface area contributed by atoms with Gasteiger partial charge in [0.05, 0.1) is 18.8 Å². The van der Waals surface area contributed by atoms with E-state index in [2.05, 4.69) is 0 Å². The number of carbonyl (C=O) groups is 1. The fourth-order valence-electron chi connectivity index (χ4n) is 1.78. The SMILES string of the molecule is CCOC(=O)c1cc(F)cc2c1OCCN2C. The monoisotopic (exact) mass is 239 g/mol. The Morgan fingerprint density at radius 1 is 1.59 bits per heavy atom. The fraction of sp³-hybridized carbons (Fsp3) is 0.417. The first-order valence-electron chi connectivity index (χ1n) is 5.48. The molecule has 4 nitrogen and oxygen atoms in total. The van der Waals surface area contributed by atoms with E-state index < -0.39 is 11.8 Å². The van der Waals surface area contributed by atoms with Gasteiger partial charge in [-0.25, -0.2) is 9.18 Å². The standard InChI is InChI=1S/C12H14FNO3/c1-3-16-12(15)9-6-8(13)7-10-11(9)17-5-4-14(10)2/h6-7H,3-5H2,1-2H3. The summed E-state index contributed by atoms with van der Waals surface area (Å²) in [5, 5.41) is 0. The number of ether oxygens (including phenoxy) is 2. The van der Waals surface area contributed by atoms with Crippen LogP contribution in [0.25, 0.3) is 0 Å². The van der Waals surface area contributed by atoms with E-state index in [-0.39, 0.29) is 12.2 Å². The Hall–Kier alpha value is -1.78. The van der Waals surface area contributed by atoms with Gasteiger partial charge in [-0.05, 0) is 13.0 Å². The number of esters is 1. The third-order valence-corrected chi connectivity index (χ3v) is 2.61. The summed E-state index contributed by atoms with van der Waals surface area (Å²) in [6, 6.07) is 2.51. The Bertz CT molecular complexity index is 448. The van der Waals surface area contributed by atoms with E-state index in [0.717, 1.165) is 6.07 Å². The minimum atomic E-state index is -0.557. The van der Waals surface area contributed by atoms with Crippen LogP contribution in [-0.4, -0.2) is 32.8 Å². The summed E-state index contributed by atoms with van der Waals surface area (Å²) in [5.41, 5.74) is 0.729.